The van der Waals surface area contributed by atoms with Gasteiger partial charge in [-0.25, -0.2) is 4.79 Å². The summed E-state index contributed by atoms with van der Waals surface area (Å²) in [6, 6.07) is 15.2. The van der Waals surface area contributed by atoms with Gasteiger partial charge in [0.05, 0.1) is 25.5 Å². The number of rotatable bonds is 9. The first-order valence-corrected chi connectivity index (χ1v) is 10.4. The number of nitrogens with two attached hydrogens (primary N) is 1. The Morgan fingerprint density at radius 2 is 1.63 bits per heavy atom. The molecule has 3 aromatic carbocycles. The summed E-state index contributed by atoms with van der Waals surface area (Å²) in [6.45, 7) is -0.883. The number of primary amides is 1. The van der Waals surface area contributed by atoms with Crippen LogP contribution >= 0.6 is 0 Å². The molecule has 35 heavy (non-hydrogen) atoms. The average Bonchev–Trinajstić information content (AvgIpc) is 3.22. The van der Waals surface area contributed by atoms with Gasteiger partial charge in [-0.3, -0.25) is 9.59 Å². The predicted molar refractivity (Wildman–Crippen MR) is 127 cm³/mol. The highest BCUT2D eigenvalue weighted by atomic mass is 16.5. The molecule has 0 radical (unpaired) electrons. The minimum Gasteiger partial charge on any atom is -0.495 e. The second-order valence-corrected chi connectivity index (χ2v) is 7.39. The van der Waals surface area contributed by atoms with Crippen molar-refractivity contribution in [2.45, 2.75) is 0 Å². The van der Waals surface area contributed by atoms with E-state index in [0.29, 0.717) is 22.6 Å². The number of benzene rings is 3. The number of hydrogen-bond donors (Lipinski definition) is 2. The van der Waals surface area contributed by atoms with Crippen molar-refractivity contribution in [3.05, 3.63) is 60.2 Å². The highest BCUT2D eigenvalue weighted by molar-refractivity contribution is 6.08. The van der Waals surface area contributed by atoms with Crippen molar-refractivity contribution >= 4 is 45.4 Å². The maximum Gasteiger partial charge on any atom is 0.338 e. The number of ether oxygens (including phenoxy) is 4. The topological polar surface area (TPSA) is 139 Å². The molecule has 1 aromatic heterocycles. The summed E-state index contributed by atoms with van der Waals surface area (Å²) in [5.74, 6) is -1.11. The molecule has 0 aliphatic heterocycles. The molecule has 1 heterocycles. The second kappa shape index (κ2) is 10.0. The molecule has 4 aromatic rings. The third kappa shape index (κ3) is 5.11. The number of nitrogens with one attached hydrogen (secondary N) is 1. The van der Waals surface area contributed by atoms with Crippen molar-refractivity contribution in [1.82, 2.24) is 0 Å². The smallest absolute Gasteiger partial charge is 0.338 e. The van der Waals surface area contributed by atoms with E-state index in [-0.39, 0.29) is 23.7 Å². The number of methoxy groups -OCH3 is 2. The average molecular weight is 478 g/mol. The van der Waals surface area contributed by atoms with Crippen LogP contribution in [0.5, 0.6) is 17.2 Å². The molecular formula is C25H22N2O8. The Kier molecular flexibility index (Phi) is 6.72. The van der Waals surface area contributed by atoms with E-state index < -0.39 is 24.4 Å². The molecule has 0 unspecified atom stereocenters. The number of fused-ring (bicyclic) bond motifs is 3. The van der Waals surface area contributed by atoms with Crippen molar-refractivity contribution < 1.29 is 37.7 Å². The van der Waals surface area contributed by atoms with E-state index in [2.05, 4.69) is 5.32 Å². The number of amides is 2. The number of furan rings is 1. The highest BCUT2D eigenvalue weighted by Gasteiger charge is 2.17. The van der Waals surface area contributed by atoms with Crippen LogP contribution in [0.15, 0.2) is 59.0 Å². The number of esters is 1. The van der Waals surface area contributed by atoms with Crippen LogP contribution in [0.2, 0.25) is 0 Å². The van der Waals surface area contributed by atoms with Gasteiger partial charge in [0, 0.05) is 16.8 Å². The van der Waals surface area contributed by atoms with Crippen molar-refractivity contribution in [3.8, 4) is 17.2 Å². The standard InChI is InChI=1S/C25H22N2O8/c1-31-21-10-16-15-5-3-4-6-18(15)35-20(16)11-17(21)27-24(29)13-34-25(30)14-7-8-19(22(9-14)32-2)33-12-23(26)28/h3-11H,12-13H2,1-2H3,(H2,26,28)(H,27,29). The van der Waals surface area contributed by atoms with E-state index in [1.54, 1.807) is 12.1 Å². The lowest BCUT2D eigenvalue weighted by molar-refractivity contribution is -0.120. The van der Waals surface area contributed by atoms with Gasteiger partial charge in [0.25, 0.3) is 11.8 Å². The van der Waals surface area contributed by atoms with E-state index in [1.165, 1.54) is 32.4 Å². The Morgan fingerprint density at radius 3 is 2.37 bits per heavy atom. The largest absolute Gasteiger partial charge is 0.495 e. The van der Waals surface area contributed by atoms with Crippen LogP contribution in [0.3, 0.4) is 0 Å². The monoisotopic (exact) mass is 478 g/mol. The third-order valence-corrected chi connectivity index (χ3v) is 5.08. The van der Waals surface area contributed by atoms with Gasteiger partial charge in [-0.15, -0.1) is 0 Å². The summed E-state index contributed by atoms with van der Waals surface area (Å²) in [5.41, 5.74) is 6.85. The van der Waals surface area contributed by atoms with Gasteiger partial charge < -0.3 is 34.4 Å². The van der Waals surface area contributed by atoms with Crippen molar-refractivity contribution in [3.63, 3.8) is 0 Å². The molecule has 3 N–H and O–H groups in total. The quantitative estimate of drug-likeness (QED) is 0.350. The van der Waals surface area contributed by atoms with Gasteiger partial charge in [0.15, 0.2) is 24.7 Å². The van der Waals surface area contributed by atoms with Crippen molar-refractivity contribution in [2.75, 3.05) is 32.8 Å². The van der Waals surface area contributed by atoms with Gasteiger partial charge >= 0.3 is 5.97 Å². The van der Waals surface area contributed by atoms with E-state index >= 15 is 0 Å². The lowest BCUT2D eigenvalue weighted by atomic mass is 10.1. The lowest BCUT2D eigenvalue weighted by Crippen LogP contribution is -2.21. The zero-order valence-electron chi connectivity index (χ0n) is 19.0. The molecular weight excluding hydrogens is 456 g/mol. The Balaban J connectivity index is 1.44. The lowest BCUT2D eigenvalue weighted by Gasteiger charge is -2.12. The molecule has 10 heteroatoms. The van der Waals surface area contributed by atoms with Crippen LogP contribution in [0, 0.1) is 0 Å². The Labute approximate surface area is 199 Å². The first-order valence-electron chi connectivity index (χ1n) is 10.4. The molecule has 0 atom stereocenters. The van der Waals surface area contributed by atoms with Gasteiger partial charge in [-0.1, -0.05) is 18.2 Å². The number of hydrogen-bond acceptors (Lipinski definition) is 8. The zero-order valence-corrected chi connectivity index (χ0v) is 19.0. The molecule has 10 nitrogen and oxygen atoms in total. The molecule has 2 amide bonds. The number of carbonyl (C=O) groups excluding carboxylic acids is 3. The fourth-order valence-corrected chi connectivity index (χ4v) is 3.48. The summed E-state index contributed by atoms with van der Waals surface area (Å²) in [6.07, 6.45) is 0. The number of para-hydroxylation sites is 1. The van der Waals surface area contributed by atoms with Gasteiger partial charge in [0.1, 0.15) is 16.9 Å². The summed E-state index contributed by atoms with van der Waals surface area (Å²) < 4.78 is 26.8. The van der Waals surface area contributed by atoms with Crippen LogP contribution < -0.4 is 25.3 Å². The van der Waals surface area contributed by atoms with Crippen LogP contribution in [0.4, 0.5) is 5.69 Å². The Morgan fingerprint density at radius 1 is 0.857 bits per heavy atom. The number of anilines is 1. The van der Waals surface area contributed by atoms with Crippen LogP contribution in [0.25, 0.3) is 21.9 Å². The molecule has 0 aliphatic carbocycles. The maximum absolute atomic E-state index is 12.5. The van der Waals surface area contributed by atoms with Crippen molar-refractivity contribution in [1.29, 1.82) is 0 Å². The summed E-state index contributed by atoms with van der Waals surface area (Å²) in [4.78, 5) is 35.8. The maximum atomic E-state index is 12.5. The first-order chi connectivity index (χ1) is 16.9. The summed E-state index contributed by atoms with van der Waals surface area (Å²) in [7, 11) is 2.87. The van der Waals surface area contributed by atoms with Crippen molar-refractivity contribution in [2.24, 2.45) is 5.73 Å². The molecule has 0 fully saturated rings. The van der Waals surface area contributed by atoms with E-state index in [1.807, 2.05) is 24.3 Å². The minimum absolute atomic E-state index is 0.127. The predicted octanol–water partition coefficient (Wildman–Crippen LogP) is 3.26. The molecule has 0 saturated carbocycles. The number of carbonyl (C=O) groups is 3. The molecule has 4 rings (SSSR count). The highest BCUT2D eigenvalue weighted by Crippen LogP contribution is 2.36. The van der Waals surface area contributed by atoms with E-state index in [9.17, 15) is 14.4 Å². The zero-order chi connectivity index (χ0) is 24.9. The van der Waals surface area contributed by atoms with E-state index in [0.717, 1.165) is 10.8 Å². The van der Waals surface area contributed by atoms with Gasteiger partial charge in [0.2, 0.25) is 0 Å². The molecule has 0 aliphatic rings. The van der Waals surface area contributed by atoms with Crippen LogP contribution in [-0.4, -0.2) is 45.2 Å². The SMILES string of the molecule is COc1cc2c(cc1NC(=O)COC(=O)c1ccc(OCC(N)=O)c(OC)c1)oc1ccccc12. The second-order valence-electron chi connectivity index (χ2n) is 7.39. The molecule has 0 spiro atoms. The third-order valence-electron chi connectivity index (χ3n) is 5.08. The molecule has 0 saturated heterocycles. The minimum atomic E-state index is -0.750. The van der Waals surface area contributed by atoms with E-state index in [4.69, 9.17) is 29.1 Å². The van der Waals surface area contributed by atoms with Gasteiger partial charge in [-0.05, 0) is 30.3 Å². The van der Waals surface area contributed by atoms with Crippen LogP contribution in [-0.2, 0) is 14.3 Å². The Bertz CT molecular complexity index is 1430. The summed E-state index contributed by atoms with van der Waals surface area (Å²) >= 11 is 0. The van der Waals surface area contributed by atoms with Crippen LogP contribution in [0.1, 0.15) is 10.4 Å². The Hall–Kier alpha value is -4.73. The summed E-state index contributed by atoms with van der Waals surface area (Å²) in [5, 5.41) is 4.45. The first kappa shape index (κ1) is 23.4. The van der Waals surface area contributed by atoms with Gasteiger partial charge in [-0.2, -0.15) is 0 Å². The molecule has 0 bridgehead atoms. The fraction of sp³-hybridized carbons (Fsp3) is 0.160. The fourth-order valence-electron chi connectivity index (χ4n) is 3.48. The normalized spacial score (nSPS) is 10.7. The molecule has 180 valence electrons.